The van der Waals surface area contributed by atoms with Gasteiger partial charge in [-0.15, -0.1) is 0 Å². The van der Waals surface area contributed by atoms with E-state index in [2.05, 4.69) is 10.1 Å². The van der Waals surface area contributed by atoms with E-state index in [9.17, 15) is 9.90 Å². The van der Waals surface area contributed by atoms with Gasteiger partial charge in [-0.1, -0.05) is 29.3 Å². The molecule has 1 aromatic carbocycles. The number of hydrogen-bond donors (Lipinski definition) is 1. The standard InChI is InChI=1S/C18H15Cl2N3O3/c1-10-16(24)15(18(25)23(2)22-10)14-12(19)6-7-13(20)17(14)26-9-11-5-3-4-8-21-11/h3-8,24H,9H2,1-2H3. The minimum Gasteiger partial charge on any atom is -0.505 e. The average molecular weight is 392 g/mol. The molecule has 0 aliphatic heterocycles. The van der Waals surface area contributed by atoms with Gasteiger partial charge >= 0.3 is 0 Å². The molecule has 3 aromatic rings. The Bertz CT molecular complexity index is 1020. The second-order valence-corrected chi connectivity index (χ2v) is 6.40. The van der Waals surface area contributed by atoms with Gasteiger partial charge in [0.1, 0.15) is 18.1 Å². The molecule has 0 spiro atoms. The lowest BCUT2D eigenvalue weighted by Gasteiger charge is -2.16. The summed E-state index contributed by atoms with van der Waals surface area (Å²) >= 11 is 12.6. The number of aromatic hydroxyl groups is 1. The van der Waals surface area contributed by atoms with Crippen molar-refractivity contribution in [2.45, 2.75) is 13.5 Å². The summed E-state index contributed by atoms with van der Waals surface area (Å²) < 4.78 is 6.95. The molecular formula is C18H15Cl2N3O3. The molecule has 2 aromatic heterocycles. The van der Waals surface area contributed by atoms with Crippen molar-refractivity contribution in [3.8, 4) is 22.6 Å². The molecule has 8 heteroatoms. The second-order valence-electron chi connectivity index (χ2n) is 5.58. The van der Waals surface area contributed by atoms with Crippen LogP contribution in [0.3, 0.4) is 0 Å². The van der Waals surface area contributed by atoms with Crippen molar-refractivity contribution in [2.24, 2.45) is 7.05 Å². The third-order valence-corrected chi connectivity index (χ3v) is 4.40. The number of aryl methyl sites for hydroxylation is 2. The number of halogens is 2. The van der Waals surface area contributed by atoms with Gasteiger partial charge in [0, 0.05) is 13.2 Å². The monoisotopic (exact) mass is 391 g/mol. The molecule has 0 saturated heterocycles. The normalized spacial score (nSPS) is 10.8. The summed E-state index contributed by atoms with van der Waals surface area (Å²) in [4.78, 5) is 16.8. The number of ether oxygens (including phenoxy) is 1. The maximum atomic E-state index is 12.6. The van der Waals surface area contributed by atoms with E-state index < -0.39 is 5.56 Å². The Morgan fingerprint density at radius 1 is 1.15 bits per heavy atom. The highest BCUT2D eigenvalue weighted by Crippen LogP contribution is 2.43. The Morgan fingerprint density at radius 3 is 2.58 bits per heavy atom. The first-order chi connectivity index (χ1) is 12.4. The molecule has 3 rings (SSSR count). The van der Waals surface area contributed by atoms with Crippen LogP contribution in [0.1, 0.15) is 11.4 Å². The van der Waals surface area contributed by atoms with Crippen molar-refractivity contribution >= 4 is 23.2 Å². The topological polar surface area (TPSA) is 77.2 Å². The van der Waals surface area contributed by atoms with Crippen molar-refractivity contribution in [1.29, 1.82) is 0 Å². The molecule has 0 aliphatic carbocycles. The van der Waals surface area contributed by atoms with Crippen LogP contribution in [-0.4, -0.2) is 19.9 Å². The first-order valence-electron chi connectivity index (χ1n) is 7.68. The van der Waals surface area contributed by atoms with E-state index in [0.29, 0.717) is 5.69 Å². The van der Waals surface area contributed by atoms with Crippen molar-refractivity contribution in [3.63, 3.8) is 0 Å². The van der Waals surface area contributed by atoms with E-state index in [1.807, 2.05) is 6.07 Å². The van der Waals surface area contributed by atoms with Gasteiger partial charge in [-0.05, 0) is 31.2 Å². The molecule has 2 heterocycles. The van der Waals surface area contributed by atoms with Gasteiger partial charge in [-0.3, -0.25) is 9.78 Å². The lowest BCUT2D eigenvalue weighted by Crippen LogP contribution is -2.22. The smallest absolute Gasteiger partial charge is 0.278 e. The quantitative estimate of drug-likeness (QED) is 0.732. The number of rotatable bonds is 4. The number of benzene rings is 1. The largest absolute Gasteiger partial charge is 0.505 e. The fourth-order valence-corrected chi connectivity index (χ4v) is 2.98. The van der Waals surface area contributed by atoms with Crippen LogP contribution >= 0.6 is 23.2 Å². The first kappa shape index (κ1) is 18.2. The summed E-state index contributed by atoms with van der Waals surface area (Å²) in [6.45, 7) is 1.71. The van der Waals surface area contributed by atoms with Crippen LogP contribution in [0.2, 0.25) is 10.0 Å². The molecule has 0 atom stereocenters. The van der Waals surface area contributed by atoms with Crippen LogP contribution in [0.4, 0.5) is 0 Å². The molecule has 0 bridgehead atoms. The summed E-state index contributed by atoms with van der Waals surface area (Å²) in [6, 6.07) is 8.53. The Kier molecular flexibility index (Phi) is 5.15. The Hall–Kier alpha value is -2.57. The molecule has 0 fully saturated rings. The molecule has 0 amide bonds. The maximum absolute atomic E-state index is 12.6. The Morgan fingerprint density at radius 2 is 1.88 bits per heavy atom. The second kappa shape index (κ2) is 7.35. The predicted molar refractivity (Wildman–Crippen MR) is 99.9 cm³/mol. The molecule has 134 valence electrons. The molecule has 26 heavy (non-hydrogen) atoms. The summed E-state index contributed by atoms with van der Waals surface area (Å²) in [6.07, 6.45) is 1.65. The van der Waals surface area contributed by atoms with E-state index in [0.717, 1.165) is 4.68 Å². The maximum Gasteiger partial charge on any atom is 0.278 e. The van der Waals surface area contributed by atoms with Crippen molar-refractivity contribution in [3.05, 3.63) is 68.3 Å². The number of pyridine rings is 1. The predicted octanol–water partition coefficient (Wildman–Crippen LogP) is 3.74. The summed E-state index contributed by atoms with van der Waals surface area (Å²) in [5.74, 6) is -0.0669. The third kappa shape index (κ3) is 3.38. The minimum atomic E-state index is -0.514. The molecule has 0 radical (unpaired) electrons. The minimum absolute atomic E-state index is 0.0106. The molecule has 0 saturated carbocycles. The molecular weight excluding hydrogens is 377 g/mol. The first-order valence-corrected chi connectivity index (χ1v) is 8.43. The molecule has 0 unspecified atom stereocenters. The van der Waals surface area contributed by atoms with Crippen LogP contribution in [0, 0.1) is 6.92 Å². The summed E-state index contributed by atoms with van der Waals surface area (Å²) in [5, 5.41) is 14.9. The van der Waals surface area contributed by atoms with Crippen molar-refractivity contribution in [1.82, 2.24) is 14.8 Å². The zero-order chi connectivity index (χ0) is 18.8. The van der Waals surface area contributed by atoms with E-state index >= 15 is 0 Å². The molecule has 1 N–H and O–H groups in total. The Balaban J connectivity index is 2.17. The van der Waals surface area contributed by atoms with E-state index in [-0.39, 0.29) is 45.0 Å². The van der Waals surface area contributed by atoms with Crippen molar-refractivity contribution in [2.75, 3.05) is 0 Å². The lowest BCUT2D eigenvalue weighted by atomic mass is 10.0. The van der Waals surface area contributed by atoms with Gasteiger partial charge in [-0.2, -0.15) is 5.10 Å². The molecule has 6 nitrogen and oxygen atoms in total. The number of nitrogens with zero attached hydrogens (tertiary/aromatic N) is 3. The summed E-state index contributed by atoms with van der Waals surface area (Å²) in [5.41, 5.74) is 0.661. The SMILES string of the molecule is Cc1nn(C)c(=O)c(-c2c(Cl)ccc(Cl)c2OCc2ccccn2)c1O. The van der Waals surface area contributed by atoms with Gasteiger partial charge in [0.2, 0.25) is 0 Å². The molecule has 0 aliphatic rings. The highest BCUT2D eigenvalue weighted by Gasteiger charge is 2.23. The van der Waals surface area contributed by atoms with E-state index in [1.165, 1.54) is 7.05 Å². The van der Waals surface area contributed by atoms with Gasteiger partial charge in [0.05, 0.1) is 26.9 Å². The summed E-state index contributed by atoms with van der Waals surface area (Å²) in [7, 11) is 1.49. The van der Waals surface area contributed by atoms with Crippen molar-refractivity contribution < 1.29 is 9.84 Å². The van der Waals surface area contributed by atoms with Gasteiger partial charge in [-0.25, -0.2) is 4.68 Å². The van der Waals surface area contributed by atoms with Crippen LogP contribution in [0.15, 0.2) is 41.3 Å². The highest BCUT2D eigenvalue weighted by molar-refractivity contribution is 6.37. The van der Waals surface area contributed by atoms with E-state index in [1.54, 1.807) is 37.4 Å². The van der Waals surface area contributed by atoms with Crippen LogP contribution in [0.25, 0.3) is 11.1 Å². The fraction of sp³-hybridized carbons (Fsp3) is 0.167. The van der Waals surface area contributed by atoms with Crippen LogP contribution < -0.4 is 10.3 Å². The fourth-order valence-electron chi connectivity index (χ4n) is 2.52. The lowest BCUT2D eigenvalue weighted by molar-refractivity contribution is 0.302. The van der Waals surface area contributed by atoms with Gasteiger partial charge in [0.25, 0.3) is 5.56 Å². The number of hydrogen-bond acceptors (Lipinski definition) is 5. The van der Waals surface area contributed by atoms with Crippen LogP contribution in [0.5, 0.6) is 11.5 Å². The number of aromatic nitrogens is 3. The Labute approximate surface area is 159 Å². The van der Waals surface area contributed by atoms with Gasteiger partial charge < -0.3 is 9.84 Å². The highest BCUT2D eigenvalue weighted by atomic mass is 35.5. The third-order valence-electron chi connectivity index (χ3n) is 3.79. The van der Waals surface area contributed by atoms with Gasteiger partial charge in [0.15, 0.2) is 5.75 Å². The zero-order valence-electron chi connectivity index (χ0n) is 14.0. The van der Waals surface area contributed by atoms with E-state index in [4.69, 9.17) is 27.9 Å². The average Bonchev–Trinajstić information content (AvgIpc) is 2.63. The zero-order valence-corrected chi connectivity index (χ0v) is 15.5. The van der Waals surface area contributed by atoms with Crippen LogP contribution in [-0.2, 0) is 13.7 Å².